The highest BCUT2D eigenvalue weighted by Crippen LogP contribution is 2.10. The van der Waals surface area contributed by atoms with Crippen LogP contribution in [0, 0.1) is 0 Å². The maximum Gasteiger partial charge on any atom is 0.324 e. The summed E-state index contributed by atoms with van der Waals surface area (Å²) in [5.74, 6) is -0.0728. The quantitative estimate of drug-likeness (QED) is 0.768. The number of imide groups is 1. The number of piperazine rings is 1. The summed E-state index contributed by atoms with van der Waals surface area (Å²) in [4.78, 5) is 27.0. The van der Waals surface area contributed by atoms with Crippen LogP contribution in [0.15, 0.2) is 0 Å². The van der Waals surface area contributed by atoms with Crippen molar-refractivity contribution in [3.8, 4) is 0 Å². The van der Waals surface area contributed by atoms with E-state index in [9.17, 15) is 9.59 Å². The Morgan fingerprint density at radius 1 is 1.41 bits per heavy atom. The number of urea groups is 1. The predicted molar refractivity (Wildman–Crippen MR) is 67.2 cm³/mol. The smallest absolute Gasteiger partial charge is 0.322 e. The number of nitrogens with one attached hydrogen (secondary N) is 1. The minimum atomic E-state index is -0.308. The molecule has 3 amide bonds. The maximum atomic E-state index is 11.8. The zero-order chi connectivity index (χ0) is 12.8. The highest BCUT2D eigenvalue weighted by Gasteiger charge is 2.26. The van der Waals surface area contributed by atoms with Crippen LogP contribution in [-0.2, 0) is 4.79 Å². The SMILES string of the molecule is CCC1CN(C(=O)NC(=O)CCCl)CCN1C. The second-order valence-electron chi connectivity index (χ2n) is 4.28. The number of amides is 3. The van der Waals surface area contributed by atoms with Crippen LogP contribution >= 0.6 is 11.6 Å². The third-order valence-electron chi connectivity index (χ3n) is 3.10. The molecule has 1 N–H and O–H groups in total. The number of alkyl halides is 1. The summed E-state index contributed by atoms with van der Waals surface area (Å²) in [7, 11) is 2.06. The van der Waals surface area contributed by atoms with Crippen LogP contribution in [0.1, 0.15) is 19.8 Å². The largest absolute Gasteiger partial charge is 0.324 e. The lowest BCUT2D eigenvalue weighted by molar-refractivity contribution is -0.119. The van der Waals surface area contributed by atoms with E-state index in [0.29, 0.717) is 19.1 Å². The van der Waals surface area contributed by atoms with Crippen LogP contribution in [-0.4, -0.2) is 60.3 Å². The summed E-state index contributed by atoms with van der Waals surface area (Å²) < 4.78 is 0. The van der Waals surface area contributed by atoms with E-state index < -0.39 is 0 Å². The topological polar surface area (TPSA) is 52.7 Å². The third-order valence-corrected chi connectivity index (χ3v) is 3.29. The van der Waals surface area contributed by atoms with Gasteiger partial charge in [0.25, 0.3) is 0 Å². The Balaban J connectivity index is 2.44. The van der Waals surface area contributed by atoms with E-state index in [0.717, 1.165) is 13.0 Å². The zero-order valence-corrected chi connectivity index (χ0v) is 11.2. The standard InChI is InChI=1S/C11H20ClN3O2/c1-3-9-8-15(7-6-14(9)2)11(17)13-10(16)4-5-12/h9H,3-8H2,1-2H3,(H,13,16,17). The molecule has 0 saturated carbocycles. The number of carbonyl (C=O) groups excluding carboxylic acids is 2. The molecule has 0 aromatic carbocycles. The predicted octanol–water partition coefficient (Wildman–Crippen LogP) is 0.877. The number of hydrogen-bond acceptors (Lipinski definition) is 3. The Hall–Kier alpha value is -0.810. The molecule has 1 rings (SSSR count). The molecule has 1 atom stereocenters. The van der Waals surface area contributed by atoms with Gasteiger partial charge in [-0.15, -0.1) is 11.6 Å². The average Bonchev–Trinajstić information content (AvgIpc) is 2.29. The molecule has 0 bridgehead atoms. The maximum absolute atomic E-state index is 11.8. The van der Waals surface area contributed by atoms with Crippen LogP contribution < -0.4 is 5.32 Å². The normalized spacial score (nSPS) is 21.4. The van der Waals surface area contributed by atoms with E-state index in [4.69, 9.17) is 11.6 Å². The molecule has 0 aliphatic carbocycles. The van der Waals surface area contributed by atoms with Crippen molar-refractivity contribution in [1.82, 2.24) is 15.1 Å². The summed E-state index contributed by atoms with van der Waals surface area (Å²) in [6.07, 6.45) is 1.17. The minimum Gasteiger partial charge on any atom is -0.322 e. The zero-order valence-electron chi connectivity index (χ0n) is 10.4. The second kappa shape index (κ2) is 6.81. The number of rotatable bonds is 3. The molecular formula is C11H20ClN3O2. The van der Waals surface area contributed by atoms with Gasteiger partial charge in [-0.25, -0.2) is 4.79 Å². The highest BCUT2D eigenvalue weighted by molar-refractivity contribution is 6.19. The lowest BCUT2D eigenvalue weighted by atomic mass is 10.1. The van der Waals surface area contributed by atoms with E-state index in [1.165, 1.54) is 0 Å². The van der Waals surface area contributed by atoms with Gasteiger partial charge in [0.15, 0.2) is 0 Å². The molecule has 0 aromatic heterocycles. The van der Waals surface area contributed by atoms with Crippen LogP contribution in [0.3, 0.4) is 0 Å². The van der Waals surface area contributed by atoms with Crippen molar-refractivity contribution in [2.45, 2.75) is 25.8 Å². The summed E-state index contributed by atoms with van der Waals surface area (Å²) in [5, 5.41) is 2.36. The summed E-state index contributed by atoms with van der Waals surface area (Å²) >= 11 is 5.44. The fraction of sp³-hybridized carbons (Fsp3) is 0.818. The van der Waals surface area contributed by atoms with E-state index in [2.05, 4.69) is 24.2 Å². The minimum absolute atomic E-state index is 0.179. The molecule has 98 valence electrons. The van der Waals surface area contributed by atoms with Crippen molar-refractivity contribution in [1.29, 1.82) is 0 Å². The average molecular weight is 262 g/mol. The molecule has 1 saturated heterocycles. The fourth-order valence-corrected chi connectivity index (χ4v) is 2.09. The molecule has 0 aromatic rings. The van der Waals surface area contributed by atoms with Gasteiger partial charge in [0.1, 0.15) is 0 Å². The lowest BCUT2D eigenvalue weighted by Crippen LogP contribution is -2.56. The van der Waals surface area contributed by atoms with Crippen LogP contribution in [0.2, 0.25) is 0 Å². The Kier molecular flexibility index (Phi) is 5.71. The van der Waals surface area contributed by atoms with Crippen molar-refractivity contribution in [2.75, 3.05) is 32.6 Å². The van der Waals surface area contributed by atoms with Gasteiger partial charge < -0.3 is 4.90 Å². The van der Waals surface area contributed by atoms with Gasteiger partial charge in [0.05, 0.1) is 0 Å². The van der Waals surface area contributed by atoms with Gasteiger partial charge in [0.2, 0.25) is 5.91 Å². The first kappa shape index (κ1) is 14.3. The molecule has 6 heteroatoms. The number of likely N-dealkylation sites (N-methyl/N-ethyl adjacent to an activating group) is 1. The summed E-state index contributed by atoms with van der Waals surface area (Å²) in [5.41, 5.74) is 0. The molecule has 1 heterocycles. The summed E-state index contributed by atoms with van der Waals surface area (Å²) in [6, 6.07) is 0.0734. The first-order chi connectivity index (χ1) is 8.08. The summed E-state index contributed by atoms with van der Waals surface area (Å²) in [6.45, 7) is 4.27. The molecule has 1 aliphatic heterocycles. The van der Waals surface area contributed by atoms with Gasteiger partial charge in [0, 0.05) is 38.0 Å². The molecule has 1 fully saturated rings. The molecule has 17 heavy (non-hydrogen) atoms. The van der Waals surface area contributed by atoms with Gasteiger partial charge in [-0.05, 0) is 13.5 Å². The highest BCUT2D eigenvalue weighted by atomic mass is 35.5. The monoisotopic (exact) mass is 261 g/mol. The molecule has 5 nitrogen and oxygen atoms in total. The van der Waals surface area contributed by atoms with Crippen LogP contribution in [0.5, 0.6) is 0 Å². The van der Waals surface area contributed by atoms with Gasteiger partial charge in [-0.1, -0.05) is 6.92 Å². The molecular weight excluding hydrogens is 242 g/mol. The van der Waals surface area contributed by atoms with Crippen molar-refractivity contribution >= 4 is 23.5 Å². The van der Waals surface area contributed by atoms with Crippen LogP contribution in [0.25, 0.3) is 0 Å². The lowest BCUT2D eigenvalue weighted by Gasteiger charge is -2.38. The second-order valence-corrected chi connectivity index (χ2v) is 4.66. The first-order valence-electron chi connectivity index (χ1n) is 5.93. The number of carbonyl (C=O) groups is 2. The first-order valence-corrected chi connectivity index (χ1v) is 6.46. The molecule has 1 unspecified atom stereocenters. The van der Waals surface area contributed by atoms with Crippen molar-refractivity contribution in [3.63, 3.8) is 0 Å². The molecule has 0 spiro atoms. The Morgan fingerprint density at radius 2 is 2.12 bits per heavy atom. The number of nitrogens with zero attached hydrogens (tertiary/aromatic N) is 2. The van der Waals surface area contributed by atoms with Gasteiger partial charge in [-0.3, -0.25) is 15.0 Å². The fourth-order valence-electron chi connectivity index (χ4n) is 1.92. The van der Waals surface area contributed by atoms with Crippen molar-refractivity contribution in [2.24, 2.45) is 0 Å². The third kappa shape index (κ3) is 4.16. The van der Waals surface area contributed by atoms with E-state index >= 15 is 0 Å². The van der Waals surface area contributed by atoms with Gasteiger partial charge in [-0.2, -0.15) is 0 Å². The van der Waals surface area contributed by atoms with E-state index in [-0.39, 0.29) is 24.2 Å². The number of hydrogen-bond donors (Lipinski definition) is 1. The van der Waals surface area contributed by atoms with Gasteiger partial charge >= 0.3 is 6.03 Å². The van der Waals surface area contributed by atoms with E-state index in [1.54, 1.807) is 4.90 Å². The molecule has 1 aliphatic rings. The Labute approximate surface area is 107 Å². The number of halogens is 1. The van der Waals surface area contributed by atoms with Crippen LogP contribution in [0.4, 0.5) is 4.79 Å². The Bertz CT molecular complexity index is 286. The van der Waals surface area contributed by atoms with Crippen molar-refractivity contribution in [3.05, 3.63) is 0 Å². The molecule has 0 radical (unpaired) electrons. The van der Waals surface area contributed by atoms with E-state index in [1.807, 2.05) is 0 Å². The van der Waals surface area contributed by atoms with Crippen molar-refractivity contribution < 1.29 is 9.59 Å². The Morgan fingerprint density at radius 3 is 2.71 bits per heavy atom.